The summed E-state index contributed by atoms with van der Waals surface area (Å²) < 4.78 is 4.90. The third-order valence-electron chi connectivity index (χ3n) is 3.21. The first kappa shape index (κ1) is 18.5. The van der Waals surface area contributed by atoms with Gasteiger partial charge in [-0.15, -0.1) is 11.8 Å². The fourth-order valence-electron chi connectivity index (χ4n) is 2.09. The van der Waals surface area contributed by atoms with E-state index in [1.165, 1.54) is 18.2 Å². The lowest BCUT2D eigenvalue weighted by Gasteiger charge is -2.08. The highest BCUT2D eigenvalue weighted by atomic mass is 16.6. The highest BCUT2D eigenvalue weighted by Gasteiger charge is 2.13. The Morgan fingerprint density at radius 3 is 2.65 bits per heavy atom. The molecule has 0 saturated heterocycles. The summed E-state index contributed by atoms with van der Waals surface area (Å²) in [6, 6.07) is 4.14. The molecule has 1 aromatic carbocycles. The largest absolute Gasteiger partial charge is 0.410 e. The molecule has 1 rings (SSSR count). The van der Waals surface area contributed by atoms with Gasteiger partial charge in [0.2, 0.25) is 0 Å². The minimum Gasteiger partial charge on any atom is -0.410 e. The zero-order chi connectivity index (χ0) is 17.1. The first-order valence-electron chi connectivity index (χ1n) is 7.75. The number of nitro benzene ring substituents is 1. The summed E-state index contributed by atoms with van der Waals surface area (Å²) in [6.45, 7) is 2.10. The zero-order valence-electron chi connectivity index (χ0n) is 13.3. The predicted molar refractivity (Wildman–Crippen MR) is 88.2 cm³/mol. The number of primary amides is 1. The molecule has 1 amide bonds. The molecule has 0 atom stereocenters. The van der Waals surface area contributed by atoms with Crippen molar-refractivity contribution in [3.63, 3.8) is 0 Å². The quantitative estimate of drug-likeness (QED) is 0.339. The molecule has 2 N–H and O–H groups in total. The molecule has 0 aliphatic rings. The van der Waals surface area contributed by atoms with E-state index in [-0.39, 0.29) is 11.4 Å². The molecular weight excluding hydrogens is 296 g/mol. The maximum Gasteiger partial charge on any atom is 0.409 e. The van der Waals surface area contributed by atoms with E-state index in [4.69, 9.17) is 10.5 Å². The SMILES string of the molecule is CCCC#CCCCCCc1cc([N+](=O)[O-])ccc1OC(N)=O. The highest BCUT2D eigenvalue weighted by Crippen LogP contribution is 2.26. The molecule has 124 valence electrons. The lowest BCUT2D eigenvalue weighted by Crippen LogP contribution is -2.17. The normalized spacial score (nSPS) is 9.78. The van der Waals surface area contributed by atoms with Gasteiger partial charge in [-0.25, -0.2) is 4.79 Å². The number of nitro groups is 1. The van der Waals surface area contributed by atoms with Crippen LogP contribution in [0.2, 0.25) is 0 Å². The second-order valence-corrected chi connectivity index (χ2v) is 5.13. The third kappa shape index (κ3) is 7.32. The Kier molecular flexibility index (Phi) is 8.22. The number of nitrogens with zero attached hydrogens (tertiary/aromatic N) is 1. The number of hydrogen-bond acceptors (Lipinski definition) is 4. The summed E-state index contributed by atoms with van der Waals surface area (Å²) in [6.07, 6.45) is 5.31. The molecule has 0 unspecified atom stereocenters. The maximum atomic E-state index is 10.9. The monoisotopic (exact) mass is 318 g/mol. The number of rotatable bonds is 8. The maximum absolute atomic E-state index is 10.9. The van der Waals surface area contributed by atoms with Crippen LogP contribution >= 0.6 is 0 Å². The number of unbranched alkanes of at least 4 members (excludes halogenated alkanes) is 4. The summed E-state index contributed by atoms with van der Waals surface area (Å²) in [5.74, 6) is 6.50. The predicted octanol–water partition coefficient (Wildman–Crippen LogP) is 3.96. The van der Waals surface area contributed by atoms with Crippen LogP contribution in [0.25, 0.3) is 0 Å². The zero-order valence-corrected chi connectivity index (χ0v) is 13.3. The minimum atomic E-state index is -0.925. The lowest BCUT2D eigenvalue weighted by atomic mass is 10.0. The van der Waals surface area contributed by atoms with E-state index in [0.29, 0.717) is 12.0 Å². The van der Waals surface area contributed by atoms with Gasteiger partial charge in [0.05, 0.1) is 4.92 Å². The molecular formula is C17H22N2O4. The van der Waals surface area contributed by atoms with Crippen molar-refractivity contribution in [1.82, 2.24) is 0 Å². The van der Waals surface area contributed by atoms with E-state index in [0.717, 1.165) is 38.5 Å². The number of aryl methyl sites for hydroxylation is 1. The van der Waals surface area contributed by atoms with Crippen LogP contribution in [0.1, 0.15) is 51.0 Å². The summed E-state index contributed by atoms with van der Waals surface area (Å²) in [7, 11) is 0. The molecule has 0 heterocycles. The Bertz CT molecular complexity index is 602. The average Bonchev–Trinajstić information content (AvgIpc) is 2.50. The smallest absolute Gasteiger partial charge is 0.409 e. The van der Waals surface area contributed by atoms with E-state index >= 15 is 0 Å². The second kappa shape index (κ2) is 10.2. The number of hydrogen-bond donors (Lipinski definition) is 1. The van der Waals surface area contributed by atoms with Gasteiger partial charge in [0.1, 0.15) is 5.75 Å². The van der Waals surface area contributed by atoms with Gasteiger partial charge in [-0.1, -0.05) is 13.3 Å². The van der Waals surface area contributed by atoms with Crippen molar-refractivity contribution >= 4 is 11.8 Å². The standard InChI is InChI=1S/C17H22N2O4/c1-2-3-4-5-6-7-8-9-10-14-13-15(19(21)22)11-12-16(14)23-17(18)20/h11-13H,2-3,6-10H2,1H3,(H2,18,20). The van der Waals surface area contributed by atoms with Crippen molar-refractivity contribution in [2.24, 2.45) is 5.73 Å². The first-order valence-corrected chi connectivity index (χ1v) is 7.75. The number of amides is 1. The van der Waals surface area contributed by atoms with Crippen LogP contribution in [-0.2, 0) is 6.42 Å². The number of carbonyl (C=O) groups is 1. The molecule has 0 aliphatic heterocycles. The highest BCUT2D eigenvalue weighted by molar-refractivity contribution is 5.69. The van der Waals surface area contributed by atoms with E-state index in [2.05, 4.69) is 18.8 Å². The molecule has 1 aromatic rings. The van der Waals surface area contributed by atoms with E-state index in [9.17, 15) is 14.9 Å². The van der Waals surface area contributed by atoms with Gasteiger partial charge in [0.15, 0.2) is 0 Å². The molecule has 23 heavy (non-hydrogen) atoms. The number of carbonyl (C=O) groups excluding carboxylic acids is 1. The Hall–Kier alpha value is -2.55. The van der Waals surface area contributed by atoms with Crippen molar-refractivity contribution in [2.75, 3.05) is 0 Å². The van der Waals surface area contributed by atoms with Crippen LogP contribution in [0.4, 0.5) is 10.5 Å². The van der Waals surface area contributed by atoms with Crippen molar-refractivity contribution in [3.05, 3.63) is 33.9 Å². The van der Waals surface area contributed by atoms with Crippen molar-refractivity contribution in [1.29, 1.82) is 0 Å². The number of ether oxygens (including phenoxy) is 1. The first-order chi connectivity index (χ1) is 11.0. The molecule has 0 bridgehead atoms. The van der Waals surface area contributed by atoms with Crippen LogP contribution in [0.3, 0.4) is 0 Å². The van der Waals surface area contributed by atoms with Crippen LogP contribution in [0.15, 0.2) is 18.2 Å². The number of nitrogens with two attached hydrogens (primary N) is 1. The third-order valence-corrected chi connectivity index (χ3v) is 3.21. The van der Waals surface area contributed by atoms with Gasteiger partial charge >= 0.3 is 6.09 Å². The van der Waals surface area contributed by atoms with E-state index < -0.39 is 11.0 Å². The van der Waals surface area contributed by atoms with Crippen LogP contribution in [0, 0.1) is 22.0 Å². The Labute approximate surface area is 136 Å². The van der Waals surface area contributed by atoms with Gasteiger partial charge in [-0.2, -0.15) is 0 Å². The molecule has 0 radical (unpaired) electrons. The molecule has 0 aromatic heterocycles. The topological polar surface area (TPSA) is 95.5 Å². The van der Waals surface area contributed by atoms with Crippen molar-refractivity contribution in [2.45, 2.75) is 51.9 Å². The molecule has 0 spiro atoms. The van der Waals surface area contributed by atoms with Gasteiger partial charge in [0, 0.05) is 30.5 Å². The van der Waals surface area contributed by atoms with E-state index in [1.54, 1.807) is 0 Å². The van der Waals surface area contributed by atoms with Gasteiger partial charge in [-0.3, -0.25) is 10.1 Å². The molecule has 0 saturated carbocycles. The summed E-state index contributed by atoms with van der Waals surface area (Å²) in [5, 5.41) is 10.8. The number of benzene rings is 1. The van der Waals surface area contributed by atoms with Gasteiger partial charge < -0.3 is 10.5 Å². The van der Waals surface area contributed by atoms with Gasteiger partial charge in [0.25, 0.3) is 5.69 Å². The molecule has 6 nitrogen and oxygen atoms in total. The Morgan fingerprint density at radius 1 is 1.26 bits per heavy atom. The average molecular weight is 318 g/mol. The lowest BCUT2D eigenvalue weighted by molar-refractivity contribution is -0.384. The van der Waals surface area contributed by atoms with Gasteiger partial charge in [-0.05, 0) is 31.7 Å². The van der Waals surface area contributed by atoms with Crippen molar-refractivity contribution in [3.8, 4) is 17.6 Å². The molecule has 0 aliphatic carbocycles. The fourth-order valence-corrected chi connectivity index (χ4v) is 2.09. The summed E-state index contributed by atoms with van der Waals surface area (Å²) in [5.41, 5.74) is 5.61. The van der Waals surface area contributed by atoms with Crippen molar-refractivity contribution < 1.29 is 14.5 Å². The Balaban J connectivity index is 2.56. The summed E-state index contributed by atoms with van der Waals surface area (Å²) >= 11 is 0. The molecule has 6 heteroatoms. The summed E-state index contributed by atoms with van der Waals surface area (Å²) in [4.78, 5) is 21.3. The van der Waals surface area contributed by atoms with Crippen LogP contribution in [-0.4, -0.2) is 11.0 Å². The minimum absolute atomic E-state index is 0.0257. The fraction of sp³-hybridized carbons (Fsp3) is 0.471. The van der Waals surface area contributed by atoms with E-state index in [1.807, 2.05) is 0 Å². The van der Waals surface area contributed by atoms with Crippen LogP contribution in [0.5, 0.6) is 5.75 Å². The Morgan fingerprint density at radius 2 is 2.00 bits per heavy atom. The van der Waals surface area contributed by atoms with Crippen LogP contribution < -0.4 is 10.5 Å². The second-order valence-electron chi connectivity index (χ2n) is 5.13. The number of non-ortho nitro benzene ring substituents is 1. The molecule has 0 fully saturated rings.